The third kappa shape index (κ3) is 6.04. The number of aromatic nitrogens is 2. The number of nitrogens with one attached hydrogen (secondary N) is 3. The van der Waals surface area contributed by atoms with E-state index in [0.717, 1.165) is 6.07 Å². The van der Waals surface area contributed by atoms with E-state index in [2.05, 4.69) is 41.2 Å². The van der Waals surface area contributed by atoms with Gasteiger partial charge in [0.1, 0.15) is 5.82 Å². The van der Waals surface area contributed by atoms with Crippen LogP contribution in [0.25, 0.3) is 0 Å². The van der Waals surface area contributed by atoms with Crippen molar-refractivity contribution in [1.29, 1.82) is 0 Å². The lowest BCUT2D eigenvalue weighted by molar-refractivity contribution is 0.0944. The summed E-state index contributed by atoms with van der Waals surface area (Å²) in [5.74, 6) is -1.57. The van der Waals surface area contributed by atoms with Crippen LogP contribution in [0.5, 0.6) is 0 Å². The maximum absolute atomic E-state index is 13.3. The fourth-order valence-electron chi connectivity index (χ4n) is 1.76. The Labute approximate surface area is 160 Å². The highest BCUT2D eigenvalue weighted by Crippen LogP contribution is 2.22. The smallest absolute Gasteiger partial charge is 0.276 e. The van der Waals surface area contributed by atoms with Crippen LogP contribution in [0.4, 0.5) is 10.1 Å². The van der Waals surface area contributed by atoms with Gasteiger partial charge >= 0.3 is 0 Å². The van der Waals surface area contributed by atoms with Crippen molar-refractivity contribution in [2.24, 2.45) is 10.1 Å². The Hall–Kier alpha value is -2.46. The molecular weight excluding hydrogens is 453 g/mol. The van der Waals surface area contributed by atoms with Crippen LogP contribution in [0.1, 0.15) is 16.2 Å². The molecule has 146 valence electrons. The lowest BCUT2D eigenvalue weighted by Crippen LogP contribution is -2.38. The minimum Gasteiger partial charge on any atom is -0.349 e. The zero-order valence-electron chi connectivity index (χ0n) is 13.3. The van der Waals surface area contributed by atoms with E-state index < -0.39 is 21.9 Å². The Balaban J connectivity index is 2.16. The molecule has 12 nitrogen and oxygen atoms in total. The number of nitrogens with zero attached hydrogens (tertiary/aromatic N) is 3. The van der Waals surface area contributed by atoms with Crippen LogP contribution in [0, 0.1) is 5.82 Å². The number of amidine groups is 1. The molecule has 0 unspecified atom stereocenters. The minimum atomic E-state index is -3.88. The fourth-order valence-corrected chi connectivity index (χ4v) is 2.51. The molecule has 0 bridgehead atoms. The van der Waals surface area contributed by atoms with E-state index >= 15 is 0 Å². The molecule has 0 atom stereocenters. The summed E-state index contributed by atoms with van der Waals surface area (Å²) >= 11 is 3.00. The zero-order chi connectivity index (χ0) is 20.0. The highest BCUT2D eigenvalue weighted by molar-refractivity contribution is 9.10. The van der Waals surface area contributed by atoms with E-state index in [1.807, 2.05) is 4.72 Å². The van der Waals surface area contributed by atoms with Crippen molar-refractivity contribution in [1.82, 2.24) is 25.8 Å². The first-order chi connectivity index (χ1) is 12.7. The third-order valence-electron chi connectivity index (χ3n) is 2.89. The number of hydrogen-bond acceptors (Lipinski definition) is 8. The number of benzene rings is 1. The van der Waals surface area contributed by atoms with Gasteiger partial charge in [-0.15, -0.1) is 0 Å². The van der Waals surface area contributed by atoms with Gasteiger partial charge in [0.2, 0.25) is 5.69 Å². The summed E-state index contributed by atoms with van der Waals surface area (Å²) in [5, 5.41) is 23.3. The summed E-state index contributed by atoms with van der Waals surface area (Å²) in [6.45, 7) is -0.264. The summed E-state index contributed by atoms with van der Waals surface area (Å²) < 4.78 is 41.4. The number of carbonyl (C=O) groups excluding carboxylic acids is 1. The molecule has 2 aromatic rings. The summed E-state index contributed by atoms with van der Waals surface area (Å²) in [4.78, 5) is 16.1. The Morgan fingerprint density at radius 1 is 1.33 bits per heavy atom. The second-order valence-corrected chi connectivity index (χ2v) is 7.06. The molecule has 0 saturated carbocycles. The van der Waals surface area contributed by atoms with Crippen LogP contribution in [0.15, 0.2) is 32.3 Å². The van der Waals surface area contributed by atoms with Gasteiger partial charge < -0.3 is 5.32 Å². The molecular formula is C12H13BrFN7O5S. The quantitative estimate of drug-likeness (QED) is 0.157. The number of hydrogen-bond donors (Lipinski definition) is 5. The Kier molecular flexibility index (Phi) is 6.92. The monoisotopic (exact) mass is 465 g/mol. The van der Waals surface area contributed by atoms with Gasteiger partial charge in [-0.1, -0.05) is 0 Å². The SMILES string of the molecule is NS(=O)(=O)NCCNC(=O)c1nonc1C(=Nc1ccc(F)c(Br)c1)NO. The van der Waals surface area contributed by atoms with Gasteiger partial charge in [-0.05, 0) is 44.4 Å². The maximum Gasteiger partial charge on any atom is 0.276 e. The van der Waals surface area contributed by atoms with E-state index in [-0.39, 0.29) is 40.5 Å². The van der Waals surface area contributed by atoms with Crippen molar-refractivity contribution in [3.05, 3.63) is 39.9 Å². The van der Waals surface area contributed by atoms with E-state index in [0.29, 0.717) is 0 Å². The number of rotatable bonds is 7. The van der Waals surface area contributed by atoms with E-state index in [9.17, 15) is 22.8 Å². The number of aliphatic imine (C=N–C) groups is 1. The van der Waals surface area contributed by atoms with E-state index in [4.69, 9.17) is 5.14 Å². The summed E-state index contributed by atoms with van der Waals surface area (Å²) in [6, 6.07) is 3.80. The zero-order valence-corrected chi connectivity index (χ0v) is 15.7. The molecule has 0 radical (unpaired) electrons. The van der Waals surface area contributed by atoms with Gasteiger partial charge in [-0.2, -0.15) is 8.42 Å². The molecule has 0 fully saturated rings. The van der Waals surface area contributed by atoms with Crippen molar-refractivity contribution < 1.29 is 27.4 Å². The van der Waals surface area contributed by atoms with Crippen LogP contribution >= 0.6 is 15.9 Å². The van der Waals surface area contributed by atoms with Gasteiger partial charge in [-0.3, -0.25) is 15.5 Å². The van der Waals surface area contributed by atoms with E-state index in [1.54, 1.807) is 5.48 Å². The number of hydroxylamine groups is 1. The lowest BCUT2D eigenvalue weighted by Gasteiger charge is -2.05. The number of carbonyl (C=O) groups is 1. The fraction of sp³-hybridized carbons (Fsp3) is 0.167. The number of halogens is 2. The Bertz CT molecular complexity index is 965. The van der Waals surface area contributed by atoms with Gasteiger partial charge in [0.05, 0.1) is 10.2 Å². The normalized spacial score (nSPS) is 12.1. The summed E-state index contributed by atoms with van der Waals surface area (Å²) in [7, 11) is -3.88. The molecule has 0 aliphatic rings. The molecule has 1 aromatic heterocycles. The Morgan fingerprint density at radius 2 is 2.04 bits per heavy atom. The first-order valence-corrected chi connectivity index (χ1v) is 9.37. The predicted molar refractivity (Wildman–Crippen MR) is 93.0 cm³/mol. The molecule has 0 aliphatic carbocycles. The highest BCUT2D eigenvalue weighted by atomic mass is 79.9. The van der Waals surface area contributed by atoms with Crippen molar-refractivity contribution >= 4 is 43.6 Å². The van der Waals surface area contributed by atoms with Crippen molar-refractivity contribution in [3.8, 4) is 0 Å². The van der Waals surface area contributed by atoms with Crippen LogP contribution in [0.3, 0.4) is 0 Å². The molecule has 2 rings (SSSR count). The first kappa shape index (κ1) is 20.8. The third-order valence-corrected chi connectivity index (χ3v) is 4.11. The topological polar surface area (TPSA) is 185 Å². The number of nitrogens with two attached hydrogens (primary N) is 1. The average Bonchev–Trinajstić information content (AvgIpc) is 3.08. The molecule has 0 saturated heterocycles. The molecule has 0 aliphatic heterocycles. The largest absolute Gasteiger partial charge is 0.349 e. The van der Waals surface area contributed by atoms with Crippen LogP contribution < -0.4 is 20.7 Å². The van der Waals surface area contributed by atoms with Crippen molar-refractivity contribution in [2.75, 3.05) is 13.1 Å². The maximum atomic E-state index is 13.3. The van der Waals surface area contributed by atoms with Gasteiger partial charge in [0.15, 0.2) is 11.5 Å². The minimum absolute atomic E-state index is 0.106. The summed E-state index contributed by atoms with van der Waals surface area (Å²) in [5.41, 5.74) is 1.43. The molecule has 1 aromatic carbocycles. The molecule has 15 heteroatoms. The van der Waals surface area contributed by atoms with Crippen molar-refractivity contribution in [2.45, 2.75) is 0 Å². The molecule has 1 heterocycles. The van der Waals surface area contributed by atoms with Gasteiger partial charge in [0.25, 0.3) is 16.1 Å². The second kappa shape index (κ2) is 8.96. The molecule has 6 N–H and O–H groups in total. The standard InChI is InChI=1S/C12H13BrFN7O5S/c13-7-5-6(1-2-8(7)14)18-11(19-23)9-10(21-26-20-9)12(22)16-3-4-17-27(15,24)25/h1-2,5,17,23H,3-4H2,(H,16,22)(H,18,19)(H2,15,24,25). The van der Waals surface area contributed by atoms with Crippen LogP contribution in [0.2, 0.25) is 0 Å². The predicted octanol–water partition coefficient (Wildman–Crippen LogP) is -0.449. The number of amides is 1. The average molecular weight is 466 g/mol. The van der Waals surface area contributed by atoms with Crippen molar-refractivity contribution in [3.63, 3.8) is 0 Å². The molecule has 27 heavy (non-hydrogen) atoms. The molecule has 0 spiro atoms. The highest BCUT2D eigenvalue weighted by Gasteiger charge is 2.22. The second-order valence-electron chi connectivity index (χ2n) is 4.83. The Morgan fingerprint density at radius 3 is 2.67 bits per heavy atom. The summed E-state index contributed by atoms with van der Waals surface area (Å²) in [6.07, 6.45) is 0. The van der Waals surface area contributed by atoms with Gasteiger partial charge in [0, 0.05) is 13.1 Å². The van der Waals surface area contributed by atoms with Gasteiger partial charge in [-0.25, -0.2) is 23.9 Å². The molecule has 1 amide bonds. The van der Waals surface area contributed by atoms with Crippen LogP contribution in [-0.2, 0) is 10.2 Å². The lowest BCUT2D eigenvalue weighted by atomic mass is 10.2. The first-order valence-electron chi connectivity index (χ1n) is 7.03. The van der Waals surface area contributed by atoms with Crippen LogP contribution in [-0.4, -0.2) is 48.8 Å². The van der Waals surface area contributed by atoms with E-state index in [1.165, 1.54) is 12.1 Å².